The number of imide groups is 2. The minimum Gasteiger partial charge on any atom is -0.263 e. The number of para-hydroxylation sites is 1. The van der Waals surface area contributed by atoms with Crippen LogP contribution in [-0.2, 0) is 16.0 Å². The van der Waals surface area contributed by atoms with Crippen LogP contribution >= 0.6 is 11.3 Å². The Morgan fingerprint density at radius 2 is 1.67 bits per heavy atom. The molecule has 0 bridgehead atoms. The minimum absolute atomic E-state index is 0.216. The third-order valence-electron chi connectivity index (χ3n) is 3.23. The van der Waals surface area contributed by atoms with Gasteiger partial charge in [0, 0.05) is 17.8 Å². The van der Waals surface area contributed by atoms with Gasteiger partial charge in [-0.3, -0.25) is 14.5 Å². The van der Waals surface area contributed by atoms with Crippen LogP contribution in [-0.4, -0.2) is 29.3 Å². The Morgan fingerprint density at radius 3 is 2.33 bits per heavy atom. The molecule has 6 heteroatoms. The fraction of sp³-hybridized carbons (Fsp3) is 0.133. The van der Waals surface area contributed by atoms with Gasteiger partial charge in [0.1, 0.15) is 0 Å². The van der Waals surface area contributed by atoms with Crippen molar-refractivity contribution in [2.45, 2.75) is 6.42 Å². The summed E-state index contributed by atoms with van der Waals surface area (Å²) >= 11 is 1.56. The molecule has 21 heavy (non-hydrogen) atoms. The van der Waals surface area contributed by atoms with Crippen molar-refractivity contribution in [3.05, 3.63) is 52.7 Å². The Balaban J connectivity index is 1.79. The lowest BCUT2D eigenvalue weighted by Crippen LogP contribution is -2.34. The summed E-state index contributed by atoms with van der Waals surface area (Å²) in [5, 5.41) is 1.93. The monoisotopic (exact) mass is 300 g/mol. The lowest BCUT2D eigenvalue weighted by atomic mass is 10.3. The summed E-state index contributed by atoms with van der Waals surface area (Å²) in [6.45, 7) is 0.216. The molecule has 0 N–H and O–H groups in total. The summed E-state index contributed by atoms with van der Waals surface area (Å²) in [5.41, 5.74) is 0.416. The molecule has 0 aliphatic carbocycles. The van der Waals surface area contributed by atoms with Gasteiger partial charge in [-0.05, 0) is 23.6 Å². The molecule has 106 valence electrons. The van der Waals surface area contributed by atoms with Crippen molar-refractivity contribution in [3.8, 4) is 0 Å². The second-order valence-corrected chi connectivity index (χ2v) is 5.58. The highest BCUT2D eigenvalue weighted by atomic mass is 32.1. The third kappa shape index (κ3) is 2.45. The van der Waals surface area contributed by atoms with Gasteiger partial charge in [0.2, 0.25) is 0 Å². The highest BCUT2D eigenvalue weighted by molar-refractivity contribution is 7.09. The number of hydrogen-bond acceptors (Lipinski definition) is 4. The maximum atomic E-state index is 12.3. The van der Waals surface area contributed by atoms with Gasteiger partial charge in [0.15, 0.2) is 0 Å². The molecule has 3 rings (SSSR count). The molecule has 0 unspecified atom stereocenters. The second kappa shape index (κ2) is 5.49. The molecule has 4 amide bonds. The average molecular weight is 300 g/mol. The second-order valence-electron chi connectivity index (χ2n) is 4.54. The largest absolute Gasteiger partial charge is 0.338 e. The van der Waals surface area contributed by atoms with E-state index >= 15 is 0 Å². The standard InChI is InChI=1S/C15H12N2O3S/c18-13-14(19)17(11-5-2-1-3-6-11)15(20)16(13)9-8-12-7-4-10-21-12/h1-7,10H,8-9H2. The summed E-state index contributed by atoms with van der Waals surface area (Å²) in [6.07, 6.45) is 0.561. The van der Waals surface area contributed by atoms with Crippen LogP contribution in [0.15, 0.2) is 47.8 Å². The van der Waals surface area contributed by atoms with Crippen LogP contribution in [0.2, 0.25) is 0 Å². The molecule has 0 atom stereocenters. The number of amides is 4. The molecule has 0 radical (unpaired) electrons. The fourth-order valence-electron chi connectivity index (χ4n) is 2.18. The van der Waals surface area contributed by atoms with E-state index < -0.39 is 17.8 Å². The Hall–Kier alpha value is -2.47. The van der Waals surface area contributed by atoms with E-state index in [0.29, 0.717) is 12.1 Å². The van der Waals surface area contributed by atoms with E-state index in [2.05, 4.69) is 0 Å². The summed E-state index contributed by atoms with van der Waals surface area (Å²) in [7, 11) is 0. The molecule has 1 fully saturated rings. The number of thiophene rings is 1. The van der Waals surface area contributed by atoms with E-state index in [0.717, 1.165) is 14.7 Å². The summed E-state index contributed by atoms with van der Waals surface area (Å²) in [5.74, 6) is -1.56. The molecule has 0 saturated carbocycles. The fourth-order valence-corrected chi connectivity index (χ4v) is 2.88. The minimum atomic E-state index is -0.794. The molecule has 1 aliphatic rings. The highest BCUT2D eigenvalue weighted by Gasteiger charge is 2.44. The van der Waals surface area contributed by atoms with Gasteiger partial charge in [-0.15, -0.1) is 11.3 Å². The van der Waals surface area contributed by atoms with Crippen LogP contribution in [0.1, 0.15) is 4.88 Å². The number of nitrogens with zero attached hydrogens (tertiary/aromatic N) is 2. The van der Waals surface area contributed by atoms with E-state index in [1.165, 1.54) is 0 Å². The van der Waals surface area contributed by atoms with Crippen LogP contribution < -0.4 is 4.90 Å². The van der Waals surface area contributed by atoms with Crippen LogP contribution in [0.4, 0.5) is 10.5 Å². The van der Waals surface area contributed by atoms with Crippen molar-refractivity contribution in [3.63, 3.8) is 0 Å². The normalized spacial score (nSPS) is 15.1. The van der Waals surface area contributed by atoms with Gasteiger partial charge in [-0.2, -0.15) is 0 Å². The highest BCUT2D eigenvalue weighted by Crippen LogP contribution is 2.22. The zero-order valence-corrected chi connectivity index (χ0v) is 11.9. The zero-order chi connectivity index (χ0) is 14.8. The number of anilines is 1. The molecule has 2 heterocycles. The molecule has 1 saturated heterocycles. The third-order valence-corrected chi connectivity index (χ3v) is 4.17. The molecule has 1 aliphatic heterocycles. The molecular formula is C15H12N2O3S. The molecule has 1 aromatic heterocycles. The first-order valence-corrected chi connectivity index (χ1v) is 7.34. The van der Waals surface area contributed by atoms with Crippen LogP contribution in [0.5, 0.6) is 0 Å². The predicted molar refractivity (Wildman–Crippen MR) is 79.1 cm³/mol. The number of carbonyl (C=O) groups excluding carboxylic acids is 3. The number of urea groups is 1. The summed E-state index contributed by atoms with van der Waals surface area (Å²) in [6, 6.07) is 11.8. The SMILES string of the molecule is O=C1C(=O)N(c2ccccc2)C(=O)N1CCc1cccs1. The van der Waals surface area contributed by atoms with Crippen LogP contribution in [0.3, 0.4) is 0 Å². The smallest absolute Gasteiger partial charge is 0.263 e. The van der Waals surface area contributed by atoms with E-state index in [4.69, 9.17) is 0 Å². The Kier molecular flexibility index (Phi) is 3.53. The van der Waals surface area contributed by atoms with E-state index in [9.17, 15) is 14.4 Å². The summed E-state index contributed by atoms with van der Waals surface area (Å²) in [4.78, 5) is 39.3. The first kappa shape index (κ1) is 13.5. The quantitative estimate of drug-likeness (QED) is 0.643. The van der Waals surface area contributed by atoms with Crippen LogP contribution in [0, 0.1) is 0 Å². The van der Waals surface area contributed by atoms with Gasteiger partial charge in [-0.25, -0.2) is 9.69 Å². The molecular weight excluding hydrogens is 288 g/mol. The van der Waals surface area contributed by atoms with Gasteiger partial charge < -0.3 is 0 Å². The predicted octanol–water partition coefficient (Wildman–Crippen LogP) is 2.29. The molecule has 0 spiro atoms. The van der Waals surface area contributed by atoms with Gasteiger partial charge in [0.25, 0.3) is 0 Å². The number of carbonyl (C=O) groups is 3. The number of hydrogen-bond donors (Lipinski definition) is 0. The maximum Gasteiger partial charge on any atom is 0.338 e. The Labute approximate surface area is 125 Å². The zero-order valence-electron chi connectivity index (χ0n) is 11.1. The molecule has 2 aromatic rings. The maximum absolute atomic E-state index is 12.3. The first-order chi connectivity index (χ1) is 10.2. The van der Waals surface area contributed by atoms with Crippen LogP contribution in [0.25, 0.3) is 0 Å². The molecule has 1 aromatic carbocycles. The van der Waals surface area contributed by atoms with Crippen molar-refractivity contribution in [2.24, 2.45) is 0 Å². The van der Waals surface area contributed by atoms with Gasteiger partial charge in [-0.1, -0.05) is 24.3 Å². The van der Waals surface area contributed by atoms with Gasteiger partial charge >= 0.3 is 17.8 Å². The average Bonchev–Trinajstić information content (AvgIpc) is 3.08. The van der Waals surface area contributed by atoms with Crippen molar-refractivity contribution >= 4 is 34.9 Å². The van der Waals surface area contributed by atoms with Crippen molar-refractivity contribution in [1.29, 1.82) is 0 Å². The number of benzene rings is 1. The Bertz CT molecular complexity index is 682. The van der Waals surface area contributed by atoms with E-state index in [1.54, 1.807) is 41.7 Å². The van der Waals surface area contributed by atoms with E-state index in [-0.39, 0.29) is 6.54 Å². The van der Waals surface area contributed by atoms with Gasteiger partial charge in [0.05, 0.1) is 5.69 Å². The summed E-state index contributed by atoms with van der Waals surface area (Å²) < 4.78 is 0. The van der Waals surface area contributed by atoms with E-state index in [1.807, 2.05) is 17.5 Å². The van der Waals surface area contributed by atoms with Crippen molar-refractivity contribution in [1.82, 2.24) is 4.90 Å². The van der Waals surface area contributed by atoms with Crippen molar-refractivity contribution in [2.75, 3.05) is 11.4 Å². The lowest BCUT2D eigenvalue weighted by molar-refractivity contribution is -0.139. The first-order valence-electron chi connectivity index (χ1n) is 6.46. The Morgan fingerprint density at radius 1 is 0.905 bits per heavy atom. The van der Waals surface area contributed by atoms with Crippen molar-refractivity contribution < 1.29 is 14.4 Å². The topological polar surface area (TPSA) is 57.7 Å². The number of rotatable bonds is 4. The lowest BCUT2D eigenvalue weighted by Gasteiger charge is -2.15. The molecule has 5 nitrogen and oxygen atoms in total.